The fraction of sp³-hybridized carbons (Fsp3) is 0.467. The third kappa shape index (κ3) is 3.48. The molecule has 0 unspecified atom stereocenters. The van der Waals surface area contributed by atoms with Gasteiger partial charge in [-0.3, -0.25) is 0 Å². The van der Waals surface area contributed by atoms with Gasteiger partial charge in [-0.1, -0.05) is 32.9 Å². The SMILES string of the molecule is COC(=O)c1ccccc1C(=O)O[Si](C)(C)C(C)(C)C. The Morgan fingerprint density at radius 1 is 1.00 bits per heavy atom. The van der Waals surface area contributed by atoms with Crippen molar-refractivity contribution in [3.05, 3.63) is 35.4 Å². The zero-order valence-corrected chi connectivity index (χ0v) is 13.9. The highest BCUT2D eigenvalue weighted by atomic mass is 28.4. The maximum Gasteiger partial charge on any atom is 0.338 e. The summed E-state index contributed by atoms with van der Waals surface area (Å²) in [5.74, 6) is -0.995. The Hall–Kier alpha value is -1.62. The highest BCUT2D eigenvalue weighted by Crippen LogP contribution is 2.37. The van der Waals surface area contributed by atoms with Crippen LogP contribution in [0.1, 0.15) is 41.5 Å². The molecule has 0 saturated carbocycles. The molecule has 1 aromatic rings. The fourth-order valence-corrected chi connectivity index (χ4v) is 2.27. The number of methoxy groups -OCH3 is 1. The molecule has 0 fully saturated rings. The van der Waals surface area contributed by atoms with E-state index >= 15 is 0 Å². The van der Waals surface area contributed by atoms with Gasteiger partial charge >= 0.3 is 11.9 Å². The quantitative estimate of drug-likeness (QED) is 0.631. The van der Waals surface area contributed by atoms with Gasteiger partial charge in [0.25, 0.3) is 8.32 Å². The number of esters is 1. The van der Waals surface area contributed by atoms with Crippen LogP contribution in [0, 0.1) is 0 Å². The molecule has 0 heterocycles. The lowest BCUT2D eigenvalue weighted by atomic mass is 10.1. The van der Waals surface area contributed by atoms with Gasteiger partial charge in [0.15, 0.2) is 0 Å². The number of carbonyl (C=O) groups is 2. The summed E-state index contributed by atoms with van der Waals surface area (Å²) in [6.45, 7) is 10.1. The van der Waals surface area contributed by atoms with Gasteiger partial charge < -0.3 is 9.16 Å². The summed E-state index contributed by atoms with van der Waals surface area (Å²) in [7, 11) is -0.930. The van der Waals surface area contributed by atoms with Gasteiger partial charge in [-0.15, -0.1) is 0 Å². The van der Waals surface area contributed by atoms with Crippen LogP contribution in [0.15, 0.2) is 24.3 Å². The van der Waals surface area contributed by atoms with Gasteiger partial charge in [0.05, 0.1) is 18.2 Å². The third-order valence-corrected chi connectivity index (χ3v) is 8.01. The number of carbonyl (C=O) groups excluding carboxylic acids is 2. The van der Waals surface area contributed by atoms with Crippen molar-refractivity contribution < 1.29 is 18.8 Å². The van der Waals surface area contributed by atoms with Crippen molar-refractivity contribution in [2.24, 2.45) is 0 Å². The standard InChI is InChI=1S/C15H22O4Si/c1-15(2,3)20(5,6)19-14(17)12-10-8-7-9-11(12)13(16)18-4/h7-10H,1-6H3. The average Bonchev–Trinajstić information content (AvgIpc) is 2.36. The Morgan fingerprint density at radius 3 is 1.85 bits per heavy atom. The van der Waals surface area contributed by atoms with Gasteiger partial charge in [-0.25, -0.2) is 9.59 Å². The molecule has 0 aliphatic rings. The Labute approximate surface area is 121 Å². The first kappa shape index (κ1) is 16.4. The smallest absolute Gasteiger partial charge is 0.338 e. The van der Waals surface area contributed by atoms with Crippen LogP contribution < -0.4 is 0 Å². The number of hydrogen-bond donors (Lipinski definition) is 0. The van der Waals surface area contributed by atoms with E-state index in [0.29, 0.717) is 0 Å². The fourth-order valence-electron chi connectivity index (χ4n) is 1.39. The normalized spacial score (nSPS) is 11.9. The monoisotopic (exact) mass is 294 g/mol. The summed E-state index contributed by atoms with van der Waals surface area (Å²) in [6.07, 6.45) is 0. The van der Waals surface area contributed by atoms with Crippen molar-refractivity contribution in [3.63, 3.8) is 0 Å². The van der Waals surface area contributed by atoms with Crippen LogP contribution >= 0.6 is 0 Å². The van der Waals surface area contributed by atoms with Crippen molar-refractivity contribution in [3.8, 4) is 0 Å². The molecule has 110 valence electrons. The van der Waals surface area contributed by atoms with E-state index in [-0.39, 0.29) is 16.2 Å². The molecule has 5 heteroatoms. The van der Waals surface area contributed by atoms with Crippen molar-refractivity contribution in [1.29, 1.82) is 0 Å². The molecule has 0 N–H and O–H groups in total. The molecule has 0 radical (unpaired) electrons. The van der Waals surface area contributed by atoms with E-state index < -0.39 is 20.3 Å². The molecule has 0 bridgehead atoms. The van der Waals surface area contributed by atoms with Gasteiger partial charge in [0, 0.05) is 0 Å². The van der Waals surface area contributed by atoms with E-state index in [2.05, 4.69) is 25.5 Å². The molecule has 0 aromatic heterocycles. The molecule has 0 amide bonds. The Kier molecular flexibility index (Phi) is 4.75. The van der Waals surface area contributed by atoms with Crippen LogP contribution in [0.5, 0.6) is 0 Å². The Balaban J connectivity index is 3.09. The highest BCUT2D eigenvalue weighted by Gasteiger charge is 2.41. The summed E-state index contributed by atoms with van der Waals surface area (Å²) >= 11 is 0. The summed E-state index contributed by atoms with van der Waals surface area (Å²) in [6, 6.07) is 6.54. The predicted molar refractivity (Wildman–Crippen MR) is 80.4 cm³/mol. The topological polar surface area (TPSA) is 52.6 Å². The van der Waals surface area contributed by atoms with Gasteiger partial charge in [0.2, 0.25) is 0 Å². The maximum absolute atomic E-state index is 12.4. The van der Waals surface area contributed by atoms with E-state index in [1.165, 1.54) is 7.11 Å². The van der Waals surface area contributed by atoms with E-state index in [9.17, 15) is 9.59 Å². The maximum atomic E-state index is 12.4. The zero-order valence-electron chi connectivity index (χ0n) is 12.9. The first-order valence-corrected chi connectivity index (χ1v) is 9.41. The minimum Gasteiger partial charge on any atom is -0.516 e. The zero-order chi connectivity index (χ0) is 15.6. The Morgan fingerprint density at radius 2 is 1.45 bits per heavy atom. The molecule has 20 heavy (non-hydrogen) atoms. The average molecular weight is 294 g/mol. The molecular weight excluding hydrogens is 272 g/mol. The lowest BCUT2D eigenvalue weighted by Gasteiger charge is -2.35. The van der Waals surface area contributed by atoms with Crippen molar-refractivity contribution >= 4 is 20.3 Å². The van der Waals surface area contributed by atoms with Crippen molar-refractivity contribution in [1.82, 2.24) is 0 Å². The molecule has 1 rings (SSSR count). The number of benzene rings is 1. The second-order valence-corrected chi connectivity index (χ2v) is 10.9. The molecule has 0 aliphatic carbocycles. The van der Waals surface area contributed by atoms with E-state index in [4.69, 9.17) is 4.43 Å². The molecule has 1 aromatic carbocycles. The first-order chi connectivity index (χ1) is 9.10. The van der Waals surface area contributed by atoms with Crippen molar-refractivity contribution in [2.75, 3.05) is 7.11 Å². The molecule has 0 atom stereocenters. The van der Waals surface area contributed by atoms with E-state index in [0.717, 1.165) is 0 Å². The summed E-state index contributed by atoms with van der Waals surface area (Å²) in [5, 5.41) is -0.0805. The minimum absolute atomic E-state index is 0.0805. The van der Waals surface area contributed by atoms with Gasteiger partial charge in [-0.2, -0.15) is 0 Å². The van der Waals surface area contributed by atoms with Crippen LogP contribution in [0.3, 0.4) is 0 Å². The van der Waals surface area contributed by atoms with Crippen LogP contribution in [-0.2, 0) is 9.16 Å². The molecule has 0 saturated heterocycles. The first-order valence-electron chi connectivity index (χ1n) is 6.51. The van der Waals surface area contributed by atoms with Crippen LogP contribution in [0.4, 0.5) is 0 Å². The molecule has 4 nitrogen and oxygen atoms in total. The van der Waals surface area contributed by atoms with Crippen molar-refractivity contribution in [2.45, 2.75) is 38.9 Å². The number of hydrogen-bond acceptors (Lipinski definition) is 4. The third-order valence-electron chi connectivity index (χ3n) is 3.71. The summed E-state index contributed by atoms with van der Waals surface area (Å²) < 4.78 is 10.4. The largest absolute Gasteiger partial charge is 0.516 e. The molecular formula is C15H22O4Si. The minimum atomic E-state index is -2.22. The lowest BCUT2D eigenvalue weighted by molar-refractivity contribution is 0.0585. The van der Waals surface area contributed by atoms with Gasteiger partial charge in [-0.05, 0) is 30.3 Å². The van der Waals surface area contributed by atoms with Gasteiger partial charge in [0.1, 0.15) is 0 Å². The highest BCUT2D eigenvalue weighted by molar-refractivity contribution is 6.75. The number of rotatable bonds is 3. The van der Waals surface area contributed by atoms with Crippen LogP contribution in [0.2, 0.25) is 18.1 Å². The molecule has 0 aliphatic heterocycles. The number of ether oxygens (including phenoxy) is 1. The second kappa shape index (κ2) is 5.79. The molecule has 0 spiro atoms. The predicted octanol–water partition coefficient (Wildman–Crippen LogP) is 3.64. The van der Waals surface area contributed by atoms with E-state index in [1.54, 1.807) is 24.3 Å². The van der Waals surface area contributed by atoms with E-state index in [1.807, 2.05) is 13.1 Å². The van der Waals surface area contributed by atoms with Crippen LogP contribution in [-0.4, -0.2) is 27.4 Å². The Bertz CT molecular complexity index is 515. The van der Waals surface area contributed by atoms with Crippen LogP contribution in [0.25, 0.3) is 0 Å². The summed E-state index contributed by atoms with van der Waals surface area (Å²) in [5.41, 5.74) is 0.489. The summed E-state index contributed by atoms with van der Waals surface area (Å²) in [4.78, 5) is 24.0. The lowest BCUT2D eigenvalue weighted by Crippen LogP contribution is -2.42. The second-order valence-electron chi connectivity index (χ2n) is 6.19.